The molecule has 0 radical (unpaired) electrons. The number of carbonyl (C=O) groups is 1. The van der Waals surface area contributed by atoms with Gasteiger partial charge >= 0.3 is 5.97 Å². The van der Waals surface area contributed by atoms with Crippen LogP contribution in [-0.4, -0.2) is 13.1 Å². The van der Waals surface area contributed by atoms with Crippen LogP contribution in [0.5, 0.6) is 5.75 Å². The first-order chi connectivity index (χ1) is 7.84. The molecule has 2 rings (SSSR count). The Hall–Kier alpha value is -1.35. The highest BCUT2D eigenvalue weighted by atomic mass is 16.6. The van der Waals surface area contributed by atoms with Gasteiger partial charge in [0.1, 0.15) is 5.75 Å². The van der Waals surface area contributed by atoms with Crippen molar-refractivity contribution >= 4 is 5.97 Å². The topological polar surface area (TPSA) is 35.5 Å². The summed E-state index contributed by atoms with van der Waals surface area (Å²) in [6.45, 7) is 8.34. The molecule has 1 aliphatic heterocycles. The van der Waals surface area contributed by atoms with Crippen LogP contribution < -0.4 is 4.74 Å². The number of rotatable bonds is 1. The fourth-order valence-electron chi connectivity index (χ4n) is 2.17. The van der Waals surface area contributed by atoms with Crippen molar-refractivity contribution in [2.45, 2.75) is 39.2 Å². The van der Waals surface area contributed by atoms with Crippen LogP contribution in [-0.2, 0) is 14.9 Å². The predicted octanol–water partition coefficient (Wildman–Crippen LogP) is 2.90. The maximum Gasteiger partial charge on any atom is 0.345 e. The summed E-state index contributed by atoms with van der Waals surface area (Å²) in [4.78, 5) is 11.7. The zero-order valence-corrected chi connectivity index (χ0v) is 11.0. The van der Waals surface area contributed by atoms with Crippen molar-refractivity contribution in [3.8, 4) is 5.75 Å². The Morgan fingerprint density at radius 1 is 1.29 bits per heavy atom. The zero-order chi connectivity index (χ0) is 12.8. The molecule has 0 aromatic heterocycles. The summed E-state index contributed by atoms with van der Waals surface area (Å²) in [5, 5.41) is 0. The number of fused-ring (bicyclic) bond motifs is 1. The highest BCUT2D eigenvalue weighted by molar-refractivity contribution is 5.85. The van der Waals surface area contributed by atoms with Gasteiger partial charge in [-0.15, -0.1) is 0 Å². The summed E-state index contributed by atoms with van der Waals surface area (Å²) in [5.74, 6) is 0.360. The molecule has 0 amide bonds. The minimum absolute atomic E-state index is 0.0565. The lowest BCUT2D eigenvalue weighted by Gasteiger charge is -2.22. The third-order valence-electron chi connectivity index (χ3n) is 3.00. The number of benzene rings is 1. The molecular weight excluding hydrogens is 216 g/mol. The Morgan fingerprint density at radius 2 is 1.94 bits per heavy atom. The number of methoxy groups -OCH3 is 1. The van der Waals surface area contributed by atoms with Gasteiger partial charge in [0.2, 0.25) is 0 Å². The van der Waals surface area contributed by atoms with Crippen molar-refractivity contribution in [1.29, 1.82) is 0 Å². The molecule has 1 aliphatic rings. The van der Waals surface area contributed by atoms with E-state index < -0.39 is 6.10 Å². The Kier molecular flexibility index (Phi) is 2.74. The minimum Gasteiger partial charge on any atom is -0.424 e. The molecule has 0 saturated carbocycles. The van der Waals surface area contributed by atoms with E-state index in [1.165, 1.54) is 7.11 Å². The van der Waals surface area contributed by atoms with Crippen molar-refractivity contribution in [3.63, 3.8) is 0 Å². The van der Waals surface area contributed by atoms with Gasteiger partial charge in [0.05, 0.1) is 0 Å². The van der Waals surface area contributed by atoms with Crippen LogP contribution >= 0.6 is 0 Å². The molecule has 3 nitrogen and oxygen atoms in total. The third kappa shape index (κ3) is 1.95. The van der Waals surface area contributed by atoms with Gasteiger partial charge in [0.25, 0.3) is 0 Å². The first kappa shape index (κ1) is 12.1. The molecule has 0 fully saturated rings. The molecule has 17 heavy (non-hydrogen) atoms. The van der Waals surface area contributed by atoms with Gasteiger partial charge in [-0.1, -0.05) is 32.4 Å². The Morgan fingerprint density at radius 3 is 2.47 bits per heavy atom. The molecule has 1 aromatic carbocycles. The van der Waals surface area contributed by atoms with E-state index in [9.17, 15) is 4.79 Å². The van der Waals surface area contributed by atoms with Crippen LogP contribution in [0, 0.1) is 6.92 Å². The van der Waals surface area contributed by atoms with E-state index in [1.807, 2.05) is 13.0 Å². The van der Waals surface area contributed by atoms with Gasteiger partial charge in [0.15, 0.2) is 6.10 Å². The molecule has 0 N–H and O–H groups in total. The second-order valence-corrected chi connectivity index (χ2v) is 5.52. The summed E-state index contributed by atoms with van der Waals surface area (Å²) >= 11 is 0. The monoisotopic (exact) mass is 234 g/mol. The Balaban J connectivity index is 2.64. The number of hydrogen-bond donors (Lipinski definition) is 0. The summed E-state index contributed by atoms with van der Waals surface area (Å²) < 4.78 is 10.6. The Bertz CT molecular complexity index is 469. The van der Waals surface area contributed by atoms with Crippen molar-refractivity contribution in [3.05, 3.63) is 28.8 Å². The molecule has 92 valence electrons. The molecule has 3 heteroatoms. The molecular formula is C14H18O3. The largest absolute Gasteiger partial charge is 0.424 e. The average molecular weight is 234 g/mol. The van der Waals surface area contributed by atoms with Crippen molar-refractivity contribution in [2.75, 3.05) is 7.11 Å². The van der Waals surface area contributed by atoms with Crippen LogP contribution in [0.4, 0.5) is 0 Å². The fraction of sp³-hybridized carbons (Fsp3) is 0.500. The Labute approximate surface area is 102 Å². The number of carbonyl (C=O) groups excluding carboxylic acids is 1. The van der Waals surface area contributed by atoms with Gasteiger partial charge in [-0.2, -0.15) is 0 Å². The van der Waals surface area contributed by atoms with E-state index in [0.29, 0.717) is 5.75 Å². The first-order valence-electron chi connectivity index (χ1n) is 5.74. The smallest absolute Gasteiger partial charge is 0.345 e. The third-order valence-corrected chi connectivity index (χ3v) is 3.00. The van der Waals surface area contributed by atoms with E-state index in [2.05, 4.69) is 26.8 Å². The maximum absolute atomic E-state index is 11.7. The lowest BCUT2D eigenvalue weighted by Crippen LogP contribution is -2.13. The predicted molar refractivity (Wildman–Crippen MR) is 65.3 cm³/mol. The summed E-state index contributed by atoms with van der Waals surface area (Å²) in [6.07, 6.45) is -0.578. The number of ether oxygens (including phenoxy) is 2. The summed E-state index contributed by atoms with van der Waals surface area (Å²) in [5.41, 5.74) is 2.97. The highest BCUT2D eigenvalue weighted by Gasteiger charge is 2.37. The first-order valence-corrected chi connectivity index (χ1v) is 5.74. The van der Waals surface area contributed by atoms with E-state index in [4.69, 9.17) is 9.47 Å². The van der Waals surface area contributed by atoms with Crippen LogP contribution in [0.1, 0.15) is 43.6 Å². The minimum atomic E-state index is -0.578. The summed E-state index contributed by atoms with van der Waals surface area (Å²) in [6, 6.07) is 4.04. The molecule has 0 saturated heterocycles. The quantitative estimate of drug-likeness (QED) is 0.553. The van der Waals surface area contributed by atoms with Crippen molar-refractivity contribution in [2.24, 2.45) is 0 Å². The van der Waals surface area contributed by atoms with E-state index in [-0.39, 0.29) is 11.4 Å². The molecule has 1 aromatic rings. The summed E-state index contributed by atoms with van der Waals surface area (Å²) in [7, 11) is 1.53. The van der Waals surface area contributed by atoms with Crippen molar-refractivity contribution in [1.82, 2.24) is 0 Å². The van der Waals surface area contributed by atoms with Crippen LogP contribution in [0.15, 0.2) is 12.1 Å². The fourth-order valence-corrected chi connectivity index (χ4v) is 2.17. The second-order valence-electron chi connectivity index (χ2n) is 5.52. The number of aryl methyl sites for hydroxylation is 1. The van der Waals surface area contributed by atoms with Gasteiger partial charge in [-0.25, -0.2) is 4.79 Å². The molecule has 0 spiro atoms. The van der Waals surface area contributed by atoms with Gasteiger partial charge < -0.3 is 9.47 Å². The molecule has 1 atom stereocenters. The van der Waals surface area contributed by atoms with E-state index >= 15 is 0 Å². The van der Waals surface area contributed by atoms with Crippen molar-refractivity contribution < 1.29 is 14.3 Å². The van der Waals surface area contributed by atoms with E-state index in [1.54, 1.807) is 0 Å². The number of hydrogen-bond acceptors (Lipinski definition) is 3. The molecule has 1 unspecified atom stereocenters. The van der Waals surface area contributed by atoms with Crippen LogP contribution in [0.2, 0.25) is 0 Å². The normalized spacial score (nSPS) is 19.1. The molecule has 0 aliphatic carbocycles. The zero-order valence-electron chi connectivity index (χ0n) is 11.0. The lowest BCUT2D eigenvalue weighted by atomic mass is 9.84. The van der Waals surface area contributed by atoms with Gasteiger partial charge in [-0.3, -0.25) is 0 Å². The van der Waals surface area contributed by atoms with Gasteiger partial charge in [-0.05, 0) is 18.4 Å². The standard InChI is InChI=1S/C14H18O3/c1-8-6-9-11(10(7-8)14(2,3)4)17-13(15)12(9)16-5/h6-7,12H,1-5H3. The van der Waals surface area contributed by atoms with Gasteiger partial charge in [0, 0.05) is 18.2 Å². The van der Waals surface area contributed by atoms with Crippen LogP contribution in [0.25, 0.3) is 0 Å². The molecule has 0 bridgehead atoms. The molecule has 1 heterocycles. The maximum atomic E-state index is 11.7. The SMILES string of the molecule is COC1C(=O)Oc2c1cc(C)cc2C(C)(C)C. The average Bonchev–Trinajstić information content (AvgIpc) is 2.50. The second kappa shape index (κ2) is 3.84. The number of esters is 1. The highest BCUT2D eigenvalue weighted by Crippen LogP contribution is 2.43. The van der Waals surface area contributed by atoms with Crippen LogP contribution in [0.3, 0.4) is 0 Å². The van der Waals surface area contributed by atoms with E-state index in [0.717, 1.165) is 16.7 Å². The lowest BCUT2D eigenvalue weighted by molar-refractivity contribution is -0.142.